The first kappa shape index (κ1) is 12.7. The van der Waals surface area contributed by atoms with Gasteiger partial charge in [0, 0.05) is 11.6 Å². The van der Waals surface area contributed by atoms with Gasteiger partial charge in [-0.05, 0) is 18.1 Å². The summed E-state index contributed by atoms with van der Waals surface area (Å²) in [5.74, 6) is 0.574. The number of hydrogen-bond acceptors (Lipinski definition) is 4. The lowest BCUT2D eigenvalue weighted by molar-refractivity contribution is -0.121. The molecule has 4 N–H and O–H groups in total. The molecule has 0 saturated heterocycles. The van der Waals surface area contributed by atoms with Crippen molar-refractivity contribution in [2.75, 3.05) is 6.61 Å². The SMILES string of the molecule is CC(C)C(NC1COc2cc(O)ccc21)C(N)=O. The van der Waals surface area contributed by atoms with Crippen LogP contribution < -0.4 is 15.8 Å². The van der Waals surface area contributed by atoms with Crippen molar-refractivity contribution in [2.45, 2.75) is 25.9 Å². The maximum atomic E-state index is 11.4. The van der Waals surface area contributed by atoms with Gasteiger partial charge >= 0.3 is 0 Å². The fourth-order valence-corrected chi connectivity index (χ4v) is 2.16. The van der Waals surface area contributed by atoms with Crippen LogP contribution in [0.15, 0.2) is 18.2 Å². The van der Waals surface area contributed by atoms with Crippen LogP contribution >= 0.6 is 0 Å². The van der Waals surface area contributed by atoms with Gasteiger partial charge < -0.3 is 15.6 Å². The minimum absolute atomic E-state index is 0.0690. The summed E-state index contributed by atoms with van der Waals surface area (Å²) in [4.78, 5) is 11.4. The smallest absolute Gasteiger partial charge is 0.234 e. The van der Waals surface area contributed by atoms with Crippen LogP contribution in [-0.4, -0.2) is 23.7 Å². The van der Waals surface area contributed by atoms with Crippen LogP contribution in [0.3, 0.4) is 0 Å². The van der Waals surface area contributed by atoms with Gasteiger partial charge in [0.05, 0.1) is 12.1 Å². The average molecular weight is 250 g/mol. The lowest BCUT2D eigenvalue weighted by Gasteiger charge is -2.22. The van der Waals surface area contributed by atoms with Crippen LogP contribution in [0.1, 0.15) is 25.5 Å². The monoisotopic (exact) mass is 250 g/mol. The molecule has 0 aromatic heterocycles. The van der Waals surface area contributed by atoms with Gasteiger partial charge in [-0.1, -0.05) is 13.8 Å². The van der Waals surface area contributed by atoms with Gasteiger partial charge in [-0.2, -0.15) is 0 Å². The van der Waals surface area contributed by atoms with Crippen molar-refractivity contribution in [3.8, 4) is 11.5 Å². The maximum absolute atomic E-state index is 11.4. The van der Waals surface area contributed by atoms with Crippen molar-refractivity contribution in [1.82, 2.24) is 5.32 Å². The van der Waals surface area contributed by atoms with E-state index in [0.717, 1.165) is 5.56 Å². The van der Waals surface area contributed by atoms with Gasteiger partial charge in [0.15, 0.2) is 0 Å². The summed E-state index contributed by atoms with van der Waals surface area (Å²) in [6.07, 6.45) is 0. The molecule has 0 radical (unpaired) electrons. The summed E-state index contributed by atoms with van der Waals surface area (Å²) >= 11 is 0. The molecule has 1 aliphatic heterocycles. The van der Waals surface area contributed by atoms with E-state index in [0.29, 0.717) is 12.4 Å². The Bertz CT molecular complexity index is 460. The maximum Gasteiger partial charge on any atom is 0.234 e. The molecular formula is C13H18N2O3. The van der Waals surface area contributed by atoms with Crippen molar-refractivity contribution < 1.29 is 14.6 Å². The van der Waals surface area contributed by atoms with Gasteiger partial charge in [-0.15, -0.1) is 0 Å². The molecule has 5 nitrogen and oxygen atoms in total. The number of carbonyl (C=O) groups is 1. The fourth-order valence-electron chi connectivity index (χ4n) is 2.16. The van der Waals surface area contributed by atoms with E-state index < -0.39 is 6.04 Å². The summed E-state index contributed by atoms with van der Waals surface area (Å²) in [7, 11) is 0. The number of nitrogens with one attached hydrogen (secondary N) is 1. The molecule has 1 heterocycles. The Morgan fingerprint density at radius 1 is 1.56 bits per heavy atom. The minimum Gasteiger partial charge on any atom is -0.508 e. The first-order valence-electron chi connectivity index (χ1n) is 6.00. The highest BCUT2D eigenvalue weighted by molar-refractivity contribution is 5.80. The Balaban J connectivity index is 2.16. The molecule has 0 spiro atoms. The molecule has 1 aliphatic rings. The van der Waals surface area contributed by atoms with Crippen LogP contribution in [0, 0.1) is 5.92 Å². The quantitative estimate of drug-likeness (QED) is 0.742. The van der Waals surface area contributed by atoms with Gasteiger partial charge in [0.25, 0.3) is 0 Å². The number of amides is 1. The first-order valence-corrected chi connectivity index (χ1v) is 6.00. The molecule has 0 aliphatic carbocycles. The van der Waals surface area contributed by atoms with E-state index in [1.807, 2.05) is 13.8 Å². The zero-order chi connectivity index (χ0) is 13.3. The number of aromatic hydroxyl groups is 1. The number of nitrogens with two attached hydrogens (primary N) is 1. The zero-order valence-electron chi connectivity index (χ0n) is 10.5. The number of fused-ring (bicyclic) bond motifs is 1. The van der Waals surface area contributed by atoms with E-state index in [1.165, 1.54) is 0 Å². The largest absolute Gasteiger partial charge is 0.508 e. The van der Waals surface area contributed by atoms with Crippen molar-refractivity contribution in [2.24, 2.45) is 11.7 Å². The second kappa shape index (κ2) is 4.86. The van der Waals surface area contributed by atoms with Crippen LogP contribution in [-0.2, 0) is 4.79 Å². The summed E-state index contributed by atoms with van der Waals surface area (Å²) in [6, 6.07) is 4.52. The number of primary amides is 1. The van der Waals surface area contributed by atoms with E-state index in [1.54, 1.807) is 18.2 Å². The lowest BCUT2D eigenvalue weighted by atomic mass is 10.0. The molecule has 1 amide bonds. The van der Waals surface area contributed by atoms with Crippen molar-refractivity contribution in [1.29, 1.82) is 0 Å². The Labute approximate surface area is 106 Å². The zero-order valence-corrected chi connectivity index (χ0v) is 10.5. The molecule has 2 atom stereocenters. The topological polar surface area (TPSA) is 84.6 Å². The van der Waals surface area contributed by atoms with Crippen LogP contribution in [0.4, 0.5) is 0 Å². The van der Waals surface area contributed by atoms with Crippen LogP contribution in [0.2, 0.25) is 0 Å². The highest BCUT2D eigenvalue weighted by Gasteiger charge is 2.29. The van der Waals surface area contributed by atoms with E-state index >= 15 is 0 Å². The summed E-state index contributed by atoms with van der Waals surface area (Å²) in [5.41, 5.74) is 6.32. The summed E-state index contributed by atoms with van der Waals surface area (Å²) in [5, 5.41) is 12.6. The average Bonchev–Trinajstić information content (AvgIpc) is 2.67. The number of phenols is 1. The van der Waals surface area contributed by atoms with E-state index in [9.17, 15) is 9.90 Å². The van der Waals surface area contributed by atoms with E-state index in [-0.39, 0.29) is 23.6 Å². The number of carbonyl (C=O) groups excluding carboxylic acids is 1. The molecule has 2 unspecified atom stereocenters. The first-order chi connectivity index (χ1) is 8.49. The third-order valence-corrected chi connectivity index (χ3v) is 3.13. The molecule has 0 saturated carbocycles. The molecular weight excluding hydrogens is 232 g/mol. The second-order valence-electron chi connectivity index (χ2n) is 4.88. The number of benzene rings is 1. The van der Waals surface area contributed by atoms with Crippen molar-refractivity contribution >= 4 is 5.91 Å². The molecule has 1 aromatic carbocycles. The van der Waals surface area contributed by atoms with E-state index in [2.05, 4.69) is 5.32 Å². The van der Waals surface area contributed by atoms with Crippen molar-refractivity contribution in [3.05, 3.63) is 23.8 Å². The Morgan fingerprint density at radius 2 is 2.28 bits per heavy atom. The molecule has 0 bridgehead atoms. The Kier molecular flexibility index (Phi) is 3.43. The molecule has 18 heavy (non-hydrogen) atoms. The number of rotatable bonds is 4. The van der Waals surface area contributed by atoms with Crippen LogP contribution in [0.5, 0.6) is 11.5 Å². The van der Waals surface area contributed by atoms with Gasteiger partial charge in [0.2, 0.25) is 5.91 Å². The van der Waals surface area contributed by atoms with E-state index in [4.69, 9.17) is 10.5 Å². The molecule has 1 aromatic rings. The van der Waals surface area contributed by atoms with Gasteiger partial charge in [-0.3, -0.25) is 10.1 Å². The molecule has 2 rings (SSSR count). The van der Waals surface area contributed by atoms with Gasteiger partial charge in [0.1, 0.15) is 18.1 Å². The highest BCUT2D eigenvalue weighted by Crippen LogP contribution is 2.35. The predicted octanol–water partition coefficient (Wildman–Crippen LogP) is 0.925. The number of ether oxygens (including phenoxy) is 1. The summed E-state index contributed by atoms with van der Waals surface area (Å²) in [6.45, 7) is 4.32. The number of hydrogen-bond donors (Lipinski definition) is 3. The second-order valence-corrected chi connectivity index (χ2v) is 4.88. The molecule has 98 valence electrons. The van der Waals surface area contributed by atoms with Gasteiger partial charge in [-0.25, -0.2) is 0 Å². The lowest BCUT2D eigenvalue weighted by Crippen LogP contribution is -2.46. The number of phenolic OH excluding ortho intramolecular Hbond substituents is 1. The fraction of sp³-hybridized carbons (Fsp3) is 0.462. The normalized spacial score (nSPS) is 19.4. The molecule has 5 heteroatoms. The predicted molar refractivity (Wildman–Crippen MR) is 67.3 cm³/mol. The van der Waals surface area contributed by atoms with Crippen LogP contribution in [0.25, 0.3) is 0 Å². The summed E-state index contributed by atoms with van der Waals surface area (Å²) < 4.78 is 5.48. The third-order valence-electron chi connectivity index (χ3n) is 3.13. The highest BCUT2D eigenvalue weighted by atomic mass is 16.5. The standard InChI is InChI=1S/C13H18N2O3/c1-7(2)12(13(14)17)15-10-6-18-11-5-8(16)3-4-9(10)11/h3-5,7,10,12,15-16H,6H2,1-2H3,(H2,14,17). The minimum atomic E-state index is -0.390. The Morgan fingerprint density at radius 3 is 2.89 bits per heavy atom. The molecule has 0 fully saturated rings. The third kappa shape index (κ3) is 2.41. The van der Waals surface area contributed by atoms with Crippen molar-refractivity contribution in [3.63, 3.8) is 0 Å². The Hall–Kier alpha value is -1.75.